The summed E-state index contributed by atoms with van der Waals surface area (Å²) in [6, 6.07) is 0. The first kappa shape index (κ1) is 9.95. The maximum atomic E-state index is 11.8. The minimum absolute atomic E-state index is 0.357. The van der Waals surface area contributed by atoms with Crippen LogP contribution in [-0.4, -0.2) is 5.78 Å². The van der Waals surface area contributed by atoms with Crippen molar-refractivity contribution in [2.45, 2.75) is 45.4 Å². The molecule has 0 radical (unpaired) electrons. The largest absolute Gasteiger partial charge is 0.299 e. The molecule has 14 heavy (non-hydrogen) atoms. The number of hydrogen-bond acceptors (Lipinski definition) is 1. The van der Waals surface area contributed by atoms with Crippen LogP contribution in [0.15, 0.2) is 12.2 Å². The number of Topliss-reactive ketones (excluding diaryl/α,β-unsaturated/α-hetero) is 1. The number of hydrogen-bond donors (Lipinski definition) is 0. The van der Waals surface area contributed by atoms with Crippen molar-refractivity contribution in [2.75, 3.05) is 0 Å². The van der Waals surface area contributed by atoms with Gasteiger partial charge >= 0.3 is 0 Å². The highest BCUT2D eigenvalue weighted by atomic mass is 16.1. The minimum atomic E-state index is 0.357. The van der Waals surface area contributed by atoms with Crippen LogP contribution in [0.2, 0.25) is 0 Å². The van der Waals surface area contributed by atoms with E-state index in [2.05, 4.69) is 19.1 Å². The quantitative estimate of drug-likeness (QED) is 0.582. The molecule has 0 heterocycles. The highest BCUT2D eigenvalue weighted by molar-refractivity contribution is 5.82. The van der Waals surface area contributed by atoms with E-state index in [1.54, 1.807) is 0 Å². The molecule has 0 saturated heterocycles. The SMILES string of the molecule is CC1CCC(=O)C(C2C=CCCC2)C1. The summed E-state index contributed by atoms with van der Waals surface area (Å²) >= 11 is 0. The molecule has 0 aromatic heterocycles. The molecule has 1 nitrogen and oxygen atoms in total. The van der Waals surface area contributed by atoms with Crippen LogP contribution in [-0.2, 0) is 4.79 Å². The molecule has 1 saturated carbocycles. The summed E-state index contributed by atoms with van der Waals surface area (Å²) in [5.41, 5.74) is 0. The smallest absolute Gasteiger partial charge is 0.136 e. The standard InChI is InChI=1S/C13H20O/c1-10-7-8-13(14)12(9-10)11-5-3-2-4-6-11/h3,5,10-12H,2,4,6-9H2,1H3. The Morgan fingerprint density at radius 3 is 2.93 bits per heavy atom. The van der Waals surface area contributed by atoms with Crippen molar-refractivity contribution in [1.82, 2.24) is 0 Å². The van der Waals surface area contributed by atoms with Crippen LogP contribution < -0.4 is 0 Å². The first-order chi connectivity index (χ1) is 6.77. The lowest BCUT2D eigenvalue weighted by Crippen LogP contribution is -2.30. The predicted molar refractivity (Wildman–Crippen MR) is 58.0 cm³/mol. The van der Waals surface area contributed by atoms with Gasteiger partial charge < -0.3 is 0 Å². The van der Waals surface area contributed by atoms with Gasteiger partial charge in [0, 0.05) is 12.3 Å². The molecule has 0 N–H and O–H groups in total. The van der Waals surface area contributed by atoms with Gasteiger partial charge in [-0.3, -0.25) is 4.79 Å². The number of carbonyl (C=O) groups excluding carboxylic acids is 1. The molecule has 0 amide bonds. The minimum Gasteiger partial charge on any atom is -0.299 e. The van der Waals surface area contributed by atoms with Crippen LogP contribution >= 0.6 is 0 Å². The summed E-state index contributed by atoms with van der Waals surface area (Å²) in [6.45, 7) is 2.28. The van der Waals surface area contributed by atoms with Crippen molar-refractivity contribution in [3.63, 3.8) is 0 Å². The molecule has 3 atom stereocenters. The Labute approximate surface area is 86.6 Å². The van der Waals surface area contributed by atoms with Gasteiger partial charge in [-0.2, -0.15) is 0 Å². The van der Waals surface area contributed by atoms with Gasteiger partial charge in [-0.15, -0.1) is 0 Å². The summed E-state index contributed by atoms with van der Waals surface area (Å²) in [5.74, 6) is 2.21. The zero-order chi connectivity index (χ0) is 9.97. The normalized spacial score (nSPS) is 38.6. The van der Waals surface area contributed by atoms with Crippen molar-refractivity contribution in [1.29, 1.82) is 0 Å². The molecule has 2 aliphatic rings. The number of carbonyl (C=O) groups is 1. The molecule has 2 aliphatic carbocycles. The van der Waals surface area contributed by atoms with E-state index >= 15 is 0 Å². The van der Waals surface area contributed by atoms with E-state index in [0.29, 0.717) is 17.6 Å². The summed E-state index contributed by atoms with van der Waals surface area (Å²) in [6.07, 6.45) is 11.4. The monoisotopic (exact) mass is 192 g/mol. The van der Waals surface area contributed by atoms with Crippen molar-refractivity contribution < 1.29 is 4.79 Å². The van der Waals surface area contributed by atoms with Crippen LogP contribution in [0.4, 0.5) is 0 Å². The Morgan fingerprint density at radius 1 is 1.36 bits per heavy atom. The topological polar surface area (TPSA) is 17.1 Å². The van der Waals surface area contributed by atoms with Crippen molar-refractivity contribution in [2.24, 2.45) is 17.8 Å². The van der Waals surface area contributed by atoms with Gasteiger partial charge in [0.25, 0.3) is 0 Å². The first-order valence-corrected chi connectivity index (χ1v) is 5.96. The zero-order valence-electron chi connectivity index (χ0n) is 9.04. The van der Waals surface area contributed by atoms with Crippen LogP contribution in [0.1, 0.15) is 45.4 Å². The second-order valence-electron chi connectivity index (χ2n) is 4.98. The van der Waals surface area contributed by atoms with E-state index in [1.165, 1.54) is 19.3 Å². The fourth-order valence-corrected chi connectivity index (χ4v) is 2.84. The van der Waals surface area contributed by atoms with Crippen molar-refractivity contribution in [3.8, 4) is 0 Å². The predicted octanol–water partition coefficient (Wildman–Crippen LogP) is 3.35. The average Bonchev–Trinajstić information content (AvgIpc) is 2.23. The molecular weight excluding hydrogens is 172 g/mol. The molecule has 78 valence electrons. The zero-order valence-corrected chi connectivity index (χ0v) is 9.04. The van der Waals surface area contributed by atoms with Crippen LogP contribution in [0.3, 0.4) is 0 Å². The second-order valence-corrected chi connectivity index (χ2v) is 4.98. The molecule has 2 rings (SSSR count). The van der Waals surface area contributed by atoms with Gasteiger partial charge in [-0.1, -0.05) is 19.1 Å². The van der Waals surface area contributed by atoms with Gasteiger partial charge in [0.05, 0.1) is 0 Å². The molecule has 3 unspecified atom stereocenters. The van der Waals surface area contributed by atoms with E-state index in [4.69, 9.17) is 0 Å². The third kappa shape index (κ3) is 2.08. The average molecular weight is 192 g/mol. The van der Waals surface area contributed by atoms with E-state index in [9.17, 15) is 4.79 Å². The molecular formula is C13H20O. The lowest BCUT2D eigenvalue weighted by molar-refractivity contribution is -0.126. The summed E-state index contributed by atoms with van der Waals surface area (Å²) < 4.78 is 0. The number of rotatable bonds is 1. The van der Waals surface area contributed by atoms with Crippen molar-refractivity contribution in [3.05, 3.63) is 12.2 Å². The molecule has 0 bridgehead atoms. The lowest BCUT2D eigenvalue weighted by Gasteiger charge is -2.31. The van der Waals surface area contributed by atoms with E-state index in [1.807, 2.05) is 0 Å². The van der Waals surface area contributed by atoms with Crippen LogP contribution in [0, 0.1) is 17.8 Å². The first-order valence-electron chi connectivity index (χ1n) is 5.96. The van der Waals surface area contributed by atoms with Gasteiger partial charge in [0.15, 0.2) is 0 Å². The van der Waals surface area contributed by atoms with Gasteiger partial charge in [0.2, 0.25) is 0 Å². The Balaban J connectivity index is 2.03. The van der Waals surface area contributed by atoms with E-state index < -0.39 is 0 Å². The molecule has 0 aromatic rings. The fraction of sp³-hybridized carbons (Fsp3) is 0.769. The van der Waals surface area contributed by atoms with Crippen molar-refractivity contribution >= 4 is 5.78 Å². The summed E-state index contributed by atoms with van der Waals surface area (Å²) in [5, 5.41) is 0. The second kappa shape index (κ2) is 4.29. The fourth-order valence-electron chi connectivity index (χ4n) is 2.84. The molecule has 1 fully saturated rings. The molecule has 0 aromatic carbocycles. The van der Waals surface area contributed by atoms with Gasteiger partial charge in [-0.25, -0.2) is 0 Å². The summed E-state index contributed by atoms with van der Waals surface area (Å²) in [4.78, 5) is 11.8. The molecule has 0 spiro atoms. The van der Waals surface area contributed by atoms with Gasteiger partial charge in [-0.05, 0) is 43.9 Å². The maximum absolute atomic E-state index is 11.8. The number of allylic oxidation sites excluding steroid dienone is 2. The maximum Gasteiger partial charge on any atom is 0.136 e. The van der Waals surface area contributed by atoms with Crippen LogP contribution in [0.25, 0.3) is 0 Å². The third-order valence-electron chi connectivity index (χ3n) is 3.76. The summed E-state index contributed by atoms with van der Waals surface area (Å²) in [7, 11) is 0. The molecule has 1 heteroatoms. The Kier molecular flexibility index (Phi) is 3.05. The Bertz CT molecular complexity index is 242. The highest BCUT2D eigenvalue weighted by Crippen LogP contribution is 2.35. The third-order valence-corrected chi connectivity index (χ3v) is 3.76. The van der Waals surface area contributed by atoms with E-state index in [0.717, 1.165) is 25.2 Å². The lowest BCUT2D eigenvalue weighted by atomic mass is 9.72. The molecule has 0 aliphatic heterocycles. The highest BCUT2D eigenvalue weighted by Gasteiger charge is 2.31. The van der Waals surface area contributed by atoms with E-state index in [-0.39, 0.29) is 0 Å². The van der Waals surface area contributed by atoms with Gasteiger partial charge in [0.1, 0.15) is 5.78 Å². The van der Waals surface area contributed by atoms with Crippen LogP contribution in [0.5, 0.6) is 0 Å². The number of ketones is 1. The Morgan fingerprint density at radius 2 is 2.21 bits per heavy atom. The Hall–Kier alpha value is -0.590.